The fourth-order valence-corrected chi connectivity index (χ4v) is 1.71. The van der Waals surface area contributed by atoms with Crippen molar-refractivity contribution in [3.05, 3.63) is 23.7 Å². The Morgan fingerprint density at radius 2 is 2.25 bits per heavy atom. The molecule has 3 nitrogen and oxygen atoms in total. The average molecular weight is 221 g/mol. The van der Waals surface area contributed by atoms with Crippen molar-refractivity contribution in [2.24, 2.45) is 16.6 Å². The third-order valence-corrected chi connectivity index (χ3v) is 2.95. The van der Waals surface area contributed by atoms with Crippen LogP contribution in [0.5, 0.6) is 0 Å². The maximum atomic E-state index is 5.49. The average Bonchev–Trinajstić information content (AvgIpc) is 2.24. The lowest BCUT2D eigenvalue weighted by Gasteiger charge is -2.30. The molecule has 1 aliphatic heterocycles. The second-order valence-electron chi connectivity index (χ2n) is 4.75. The van der Waals surface area contributed by atoms with Crippen LogP contribution in [-0.2, 0) is 0 Å². The van der Waals surface area contributed by atoms with Gasteiger partial charge in [0.2, 0.25) is 0 Å². The van der Waals surface area contributed by atoms with Gasteiger partial charge in [-0.25, -0.2) is 0 Å². The number of hydrogen-bond donors (Lipinski definition) is 1. The van der Waals surface area contributed by atoms with Crippen molar-refractivity contribution < 1.29 is 0 Å². The summed E-state index contributed by atoms with van der Waals surface area (Å²) >= 11 is 0. The van der Waals surface area contributed by atoms with Crippen LogP contribution in [0.1, 0.15) is 33.6 Å². The predicted molar refractivity (Wildman–Crippen MR) is 70.1 cm³/mol. The molecule has 1 atom stereocenters. The van der Waals surface area contributed by atoms with Gasteiger partial charge in [-0.3, -0.25) is 4.99 Å². The van der Waals surface area contributed by atoms with Crippen LogP contribution in [-0.4, -0.2) is 24.2 Å². The summed E-state index contributed by atoms with van der Waals surface area (Å²) in [4.78, 5) is 6.75. The van der Waals surface area contributed by atoms with Crippen LogP contribution in [0.15, 0.2) is 28.7 Å². The zero-order chi connectivity index (χ0) is 12.1. The molecule has 0 aromatic rings. The number of likely N-dealkylation sites (N-methyl/N-ethyl adjacent to an activating group) is 1. The van der Waals surface area contributed by atoms with E-state index in [1.807, 2.05) is 12.3 Å². The number of allylic oxidation sites excluding steroid dienone is 2. The van der Waals surface area contributed by atoms with E-state index in [1.165, 1.54) is 0 Å². The molecule has 0 saturated heterocycles. The summed E-state index contributed by atoms with van der Waals surface area (Å²) in [7, 11) is 2.08. The van der Waals surface area contributed by atoms with E-state index >= 15 is 0 Å². The quantitative estimate of drug-likeness (QED) is 0.792. The van der Waals surface area contributed by atoms with Crippen LogP contribution < -0.4 is 5.73 Å². The third kappa shape index (κ3) is 3.12. The second-order valence-corrected chi connectivity index (χ2v) is 4.75. The Bertz CT molecular complexity index is 313. The molecule has 1 unspecified atom stereocenters. The molecule has 1 aliphatic rings. The lowest BCUT2D eigenvalue weighted by atomic mass is 10.0. The van der Waals surface area contributed by atoms with Crippen LogP contribution in [0.2, 0.25) is 0 Å². The van der Waals surface area contributed by atoms with Gasteiger partial charge in [0.1, 0.15) is 0 Å². The van der Waals surface area contributed by atoms with Gasteiger partial charge in [0.25, 0.3) is 0 Å². The first-order valence-electron chi connectivity index (χ1n) is 5.94. The molecule has 0 amide bonds. The first-order chi connectivity index (χ1) is 7.56. The summed E-state index contributed by atoms with van der Waals surface area (Å²) in [5.74, 6) is 0.704. The lowest BCUT2D eigenvalue weighted by Crippen LogP contribution is -2.32. The molecule has 2 N–H and O–H groups in total. The van der Waals surface area contributed by atoms with Gasteiger partial charge < -0.3 is 10.6 Å². The van der Waals surface area contributed by atoms with Crippen molar-refractivity contribution in [2.45, 2.75) is 39.7 Å². The molecule has 0 aromatic heterocycles. The van der Waals surface area contributed by atoms with Crippen molar-refractivity contribution in [2.75, 3.05) is 7.05 Å². The number of rotatable bonds is 4. The van der Waals surface area contributed by atoms with Crippen molar-refractivity contribution in [1.82, 2.24) is 4.90 Å². The molecular weight excluding hydrogens is 198 g/mol. The van der Waals surface area contributed by atoms with Gasteiger partial charge in [-0.1, -0.05) is 13.8 Å². The van der Waals surface area contributed by atoms with Crippen molar-refractivity contribution in [3.63, 3.8) is 0 Å². The van der Waals surface area contributed by atoms with Gasteiger partial charge >= 0.3 is 0 Å². The van der Waals surface area contributed by atoms with Gasteiger partial charge in [0.05, 0.1) is 17.4 Å². The van der Waals surface area contributed by atoms with Gasteiger partial charge in [-0.15, -0.1) is 0 Å². The van der Waals surface area contributed by atoms with E-state index in [0.29, 0.717) is 12.0 Å². The number of nitrogens with two attached hydrogens (primary N) is 1. The number of nitrogens with zero attached hydrogens (tertiary/aromatic N) is 2. The van der Waals surface area contributed by atoms with Gasteiger partial charge in [0, 0.05) is 13.3 Å². The maximum Gasteiger partial charge on any atom is 0.0634 e. The summed E-state index contributed by atoms with van der Waals surface area (Å²) in [6.45, 7) is 6.60. The maximum absolute atomic E-state index is 5.49. The number of aliphatic imine (C=N–C) groups is 1. The summed E-state index contributed by atoms with van der Waals surface area (Å²) in [5, 5.41) is 0. The van der Waals surface area contributed by atoms with Crippen LogP contribution in [0.3, 0.4) is 0 Å². The fraction of sp³-hybridized carbons (Fsp3) is 0.615. The van der Waals surface area contributed by atoms with Crippen LogP contribution in [0, 0.1) is 5.92 Å². The van der Waals surface area contributed by atoms with E-state index in [4.69, 9.17) is 5.73 Å². The SMILES string of the molecule is CC(C)CCC1=C(/C=C\N)N(C)C(C)C=N1. The van der Waals surface area contributed by atoms with Gasteiger partial charge in [0.15, 0.2) is 0 Å². The minimum Gasteiger partial charge on any atom is -0.405 e. The van der Waals surface area contributed by atoms with E-state index < -0.39 is 0 Å². The van der Waals surface area contributed by atoms with Crippen molar-refractivity contribution in [3.8, 4) is 0 Å². The Hall–Kier alpha value is -1.25. The molecule has 0 spiro atoms. The molecule has 16 heavy (non-hydrogen) atoms. The van der Waals surface area contributed by atoms with Crippen molar-refractivity contribution in [1.29, 1.82) is 0 Å². The minimum absolute atomic E-state index is 0.342. The smallest absolute Gasteiger partial charge is 0.0634 e. The Morgan fingerprint density at radius 3 is 2.81 bits per heavy atom. The molecule has 0 radical (unpaired) electrons. The highest BCUT2D eigenvalue weighted by Gasteiger charge is 2.17. The molecule has 0 fully saturated rings. The summed E-state index contributed by atoms with van der Waals surface area (Å²) in [6, 6.07) is 0.342. The lowest BCUT2D eigenvalue weighted by molar-refractivity contribution is 0.391. The van der Waals surface area contributed by atoms with E-state index in [1.54, 1.807) is 6.20 Å². The zero-order valence-corrected chi connectivity index (χ0v) is 10.8. The highest BCUT2D eigenvalue weighted by molar-refractivity contribution is 5.68. The Balaban J connectivity index is 2.86. The highest BCUT2D eigenvalue weighted by atomic mass is 15.2. The molecule has 1 rings (SSSR count). The first kappa shape index (κ1) is 12.8. The first-order valence-corrected chi connectivity index (χ1v) is 5.94. The summed E-state index contributed by atoms with van der Waals surface area (Å²) in [6.07, 6.45) is 7.72. The summed E-state index contributed by atoms with van der Waals surface area (Å²) < 4.78 is 0. The van der Waals surface area contributed by atoms with Gasteiger partial charge in [-0.05, 0) is 38.0 Å². The van der Waals surface area contributed by atoms with E-state index in [9.17, 15) is 0 Å². The zero-order valence-electron chi connectivity index (χ0n) is 10.8. The highest BCUT2D eigenvalue weighted by Crippen LogP contribution is 2.23. The fourth-order valence-electron chi connectivity index (χ4n) is 1.71. The Morgan fingerprint density at radius 1 is 1.56 bits per heavy atom. The normalized spacial score (nSPS) is 21.6. The van der Waals surface area contributed by atoms with Crippen molar-refractivity contribution >= 4 is 6.21 Å². The largest absolute Gasteiger partial charge is 0.405 e. The predicted octanol–water partition coefficient (Wildman–Crippen LogP) is 2.51. The van der Waals surface area contributed by atoms with E-state index in [0.717, 1.165) is 24.2 Å². The minimum atomic E-state index is 0.342. The Labute approximate surface area is 98.7 Å². The summed E-state index contributed by atoms with van der Waals surface area (Å²) in [5.41, 5.74) is 7.79. The number of hydrogen-bond acceptors (Lipinski definition) is 3. The molecule has 3 heteroatoms. The molecule has 90 valence electrons. The topological polar surface area (TPSA) is 41.6 Å². The van der Waals surface area contributed by atoms with Crippen LogP contribution >= 0.6 is 0 Å². The second kappa shape index (κ2) is 5.73. The molecule has 0 aliphatic carbocycles. The van der Waals surface area contributed by atoms with E-state index in [2.05, 4.69) is 37.7 Å². The van der Waals surface area contributed by atoms with Crippen LogP contribution in [0.25, 0.3) is 0 Å². The monoisotopic (exact) mass is 221 g/mol. The molecular formula is C13H23N3. The van der Waals surface area contributed by atoms with Crippen LogP contribution in [0.4, 0.5) is 0 Å². The Kier molecular flexibility index (Phi) is 4.59. The molecule has 0 saturated carbocycles. The van der Waals surface area contributed by atoms with Gasteiger partial charge in [-0.2, -0.15) is 0 Å². The standard InChI is InChI=1S/C13H23N3/c1-10(2)5-6-12-13(7-8-14)16(4)11(3)9-15-12/h7-11H,5-6,14H2,1-4H3/b8-7-. The molecule has 0 aromatic carbocycles. The van der Waals surface area contributed by atoms with E-state index in [-0.39, 0.29) is 0 Å². The molecule has 0 bridgehead atoms. The third-order valence-electron chi connectivity index (χ3n) is 2.95. The molecule has 1 heterocycles.